The maximum atomic E-state index is 13.0. The first-order chi connectivity index (χ1) is 9.02. The van der Waals surface area contributed by atoms with E-state index in [9.17, 15) is 19.3 Å². The van der Waals surface area contributed by atoms with Gasteiger partial charge >= 0.3 is 0 Å². The second-order valence-corrected chi connectivity index (χ2v) is 4.51. The Morgan fingerprint density at radius 2 is 2.32 bits per heavy atom. The van der Waals surface area contributed by atoms with Gasteiger partial charge in [-0.25, -0.2) is 4.39 Å². The molecule has 1 unspecified atom stereocenters. The molecule has 1 atom stereocenters. The fraction of sp³-hybridized carbons (Fsp3) is 0.417. The number of likely N-dealkylation sites (tertiary alicyclic amines) is 1. The van der Waals surface area contributed by atoms with E-state index in [1.807, 2.05) is 0 Å². The Labute approximate surface area is 108 Å². The highest BCUT2D eigenvalue weighted by Gasteiger charge is 2.30. The van der Waals surface area contributed by atoms with Gasteiger partial charge in [0, 0.05) is 25.6 Å². The number of halogens is 1. The molecule has 0 aromatic heterocycles. The third-order valence-corrected chi connectivity index (χ3v) is 3.22. The Bertz CT molecular complexity index is 520. The van der Waals surface area contributed by atoms with Crippen LogP contribution in [0.2, 0.25) is 0 Å². The van der Waals surface area contributed by atoms with Crippen molar-refractivity contribution in [2.24, 2.45) is 5.92 Å². The fourth-order valence-corrected chi connectivity index (χ4v) is 2.17. The summed E-state index contributed by atoms with van der Waals surface area (Å²) in [5.41, 5.74) is -0.651. The summed E-state index contributed by atoms with van der Waals surface area (Å²) < 4.78 is 13.0. The van der Waals surface area contributed by atoms with Crippen molar-refractivity contribution in [2.45, 2.75) is 6.42 Å². The first kappa shape index (κ1) is 13.4. The maximum Gasteiger partial charge on any atom is 0.285 e. The second kappa shape index (κ2) is 5.31. The zero-order valence-electron chi connectivity index (χ0n) is 10.1. The SMILES string of the molecule is O=C(c1ccc(F)cc1[N+](=O)[O-])N1CCC(CO)C1. The van der Waals surface area contributed by atoms with Crippen LogP contribution in [0.4, 0.5) is 10.1 Å². The zero-order chi connectivity index (χ0) is 14.0. The topological polar surface area (TPSA) is 83.7 Å². The molecule has 1 saturated heterocycles. The molecule has 0 bridgehead atoms. The van der Waals surface area contributed by atoms with E-state index in [0.29, 0.717) is 19.5 Å². The summed E-state index contributed by atoms with van der Waals surface area (Å²) in [4.78, 5) is 23.7. The Morgan fingerprint density at radius 1 is 1.58 bits per heavy atom. The lowest BCUT2D eigenvalue weighted by molar-refractivity contribution is -0.385. The minimum Gasteiger partial charge on any atom is -0.396 e. The molecule has 102 valence electrons. The molecule has 6 nitrogen and oxygen atoms in total. The summed E-state index contributed by atoms with van der Waals surface area (Å²) in [6, 6.07) is 2.90. The summed E-state index contributed by atoms with van der Waals surface area (Å²) in [7, 11) is 0. The van der Waals surface area contributed by atoms with Gasteiger partial charge < -0.3 is 10.0 Å². The average molecular weight is 268 g/mol. The van der Waals surface area contributed by atoms with Gasteiger partial charge in [0.1, 0.15) is 11.4 Å². The van der Waals surface area contributed by atoms with E-state index in [1.54, 1.807) is 0 Å². The molecule has 1 aliphatic rings. The Hall–Kier alpha value is -2.02. The van der Waals surface area contributed by atoms with E-state index in [2.05, 4.69) is 0 Å². The molecule has 1 fully saturated rings. The van der Waals surface area contributed by atoms with Gasteiger partial charge in [-0.05, 0) is 18.6 Å². The number of benzene rings is 1. The average Bonchev–Trinajstić information content (AvgIpc) is 2.86. The number of carbonyl (C=O) groups is 1. The van der Waals surface area contributed by atoms with Crippen LogP contribution in [0, 0.1) is 21.8 Å². The number of hydrogen-bond donors (Lipinski definition) is 1. The van der Waals surface area contributed by atoms with E-state index in [-0.39, 0.29) is 18.1 Å². The number of nitro groups is 1. The fourth-order valence-electron chi connectivity index (χ4n) is 2.17. The molecule has 1 N–H and O–H groups in total. The molecule has 0 aliphatic carbocycles. The normalized spacial score (nSPS) is 18.6. The van der Waals surface area contributed by atoms with E-state index in [4.69, 9.17) is 5.11 Å². The predicted molar refractivity (Wildman–Crippen MR) is 64.2 cm³/mol. The van der Waals surface area contributed by atoms with E-state index >= 15 is 0 Å². The Morgan fingerprint density at radius 3 is 2.89 bits per heavy atom. The molecule has 2 rings (SSSR count). The molecule has 0 spiro atoms. The summed E-state index contributed by atoms with van der Waals surface area (Å²) in [5.74, 6) is -1.25. The van der Waals surface area contributed by atoms with Crippen LogP contribution in [0.5, 0.6) is 0 Å². The van der Waals surface area contributed by atoms with Crippen molar-refractivity contribution < 1.29 is 19.2 Å². The summed E-state index contributed by atoms with van der Waals surface area (Å²) >= 11 is 0. The molecular formula is C12H13FN2O4. The lowest BCUT2D eigenvalue weighted by Gasteiger charge is -2.16. The Kier molecular flexibility index (Phi) is 3.75. The van der Waals surface area contributed by atoms with Gasteiger partial charge in [-0.15, -0.1) is 0 Å². The van der Waals surface area contributed by atoms with Crippen molar-refractivity contribution >= 4 is 11.6 Å². The van der Waals surface area contributed by atoms with Crippen molar-refractivity contribution in [2.75, 3.05) is 19.7 Å². The number of carbonyl (C=O) groups excluding carboxylic acids is 1. The van der Waals surface area contributed by atoms with Crippen molar-refractivity contribution in [1.29, 1.82) is 0 Å². The van der Waals surface area contributed by atoms with Gasteiger partial charge in [0.2, 0.25) is 0 Å². The molecule has 0 saturated carbocycles. The van der Waals surface area contributed by atoms with Crippen molar-refractivity contribution in [3.05, 3.63) is 39.7 Å². The summed E-state index contributed by atoms with van der Waals surface area (Å²) in [6.07, 6.45) is 0.664. The molecule has 0 radical (unpaired) electrons. The van der Waals surface area contributed by atoms with Crippen molar-refractivity contribution in [3.8, 4) is 0 Å². The minimum absolute atomic E-state index is 0.00320. The van der Waals surface area contributed by atoms with Crippen LogP contribution < -0.4 is 0 Å². The second-order valence-electron chi connectivity index (χ2n) is 4.51. The quantitative estimate of drug-likeness (QED) is 0.659. The highest BCUT2D eigenvalue weighted by Crippen LogP contribution is 2.24. The predicted octanol–water partition coefficient (Wildman–Crippen LogP) is 1.19. The number of aliphatic hydroxyl groups is 1. The van der Waals surface area contributed by atoms with Gasteiger partial charge in [-0.3, -0.25) is 14.9 Å². The van der Waals surface area contributed by atoms with Gasteiger partial charge in [0.25, 0.3) is 11.6 Å². The number of aliphatic hydroxyl groups excluding tert-OH is 1. The van der Waals surface area contributed by atoms with Gasteiger partial charge in [0.05, 0.1) is 11.0 Å². The molecule has 7 heteroatoms. The maximum absolute atomic E-state index is 13.0. The van der Waals surface area contributed by atoms with Gasteiger partial charge in [-0.2, -0.15) is 0 Å². The van der Waals surface area contributed by atoms with Crippen LogP contribution >= 0.6 is 0 Å². The lowest BCUT2D eigenvalue weighted by atomic mass is 10.1. The monoisotopic (exact) mass is 268 g/mol. The molecule has 1 aromatic rings. The molecule has 1 amide bonds. The Balaban J connectivity index is 2.27. The first-order valence-corrected chi connectivity index (χ1v) is 5.87. The van der Waals surface area contributed by atoms with Crippen LogP contribution in [0.3, 0.4) is 0 Å². The van der Waals surface area contributed by atoms with Crippen LogP contribution in [0.15, 0.2) is 18.2 Å². The standard InChI is InChI=1S/C12H13FN2O4/c13-9-1-2-10(11(5-9)15(18)19)12(17)14-4-3-8(6-14)7-16/h1-2,5,8,16H,3-4,6-7H2. The van der Waals surface area contributed by atoms with Crippen LogP contribution in [-0.2, 0) is 0 Å². The van der Waals surface area contributed by atoms with Gasteiger partial charge in [-0.1, -0.05) is 0 Å². The van der Waals surface area contributed by atoms with E-state index in [1.165, 1.54) is 4.90 Å². The van der Waals surface area contributed by atoms with E-state index < -0.39 is 22.3 Å². The number of amides is 1. The molecule has 19 heavy (non-hydrogen) atoms. The molecule has 1 aliphatic heterocycles. The van der Waals surface area contributed by atoms with Crippen molar-refractivity contribution in [3.63, 3.8) is 0 Å². The minimum atomic E-state index is -0.768. The largest absolute Gasteiger partial charge is 0.396 e. The third-order valence-electron chi connectivity index (χ3n) is 3.22. The number of nitro benzene ring substituents is 1. The van der Waals surface area contributed by atoms with Crippen LogP contribution in [-0.4, -0.2) is 40.5 Å². The van der Waals surface area contributed by atoms with Gasteiger partial charge in [0.15, 0.2) is 0 Å². The lowest BCUT2D eigenvalue weighted by Crippen LogP contribution is -2.29. The number of nitrogens with zero attached hydrogens (tertiary/aromatic N) is 2. The number of rotatable bonds is 3. The number of hydrogen-bond acceptors (Lipinski definition) is 4. The highest BCUT2D eigenvalue weighted by molar-refractivity contribution is 5.98. The smallest absolute Gasteiger partial charge is 0.285 e. The summed E-state index contributed by atoms with van der Waals surface area (Å²) in [6.45, 7) is 0.789. The third kappa shape index (κ3) is 2.70. The molecular weight excluding hydrogens is 255 g/mol. The van der Waals surface area contributed by atoms with Crippen molar-refractivity contribution in [1.82, 2.24) is 4.90 Å². The van der Waals surface area contributed by atoms with Crippen LogP contribution in [0.1, 0.15) is 16.8 Å². The van der Waals surface area contributed by atoms with E-state index in [0.717, 1.165) is 18.2 Å². The summed E-state index contributed by atoms with van der Waals surface area (Å²) in [5, 5.41) is 19.9. The molecule has 1 aromatic carbocycles. The van der Waals surface area contributed by atoms with Crippen LogP contribution in [0.25, 0.3) is 0 Å². The first-order valence-electron chi connectivity index (χ1n) is 5.87. The highest BCUT2D eigenvalue weighted by atomic mass is 19.1. The zero-order valence-corrected chi connectivity index (χ0v) is 10.1. The molecule has 1 heterocycles.